The first-order chi connectivity index (χ1) is 11.9. The number of nitrogens with zero attached hydrogens (tertiary/aromatic N) is 1. The molecule has 1 atom stereocenters. The highest BCUT2D eigenvalue weighted by atomic mass is 19.1. The summed E-state index contributed by atoms with van der Waals surface area (Å²) in [5, 5.41) is 2.47. The Hall–Kier alpha value is -2.96. The third kappa shape index (κ3) is 3.17. The van der Waals surface area contributed by atoms with E-state index in [0.717, 1.165) is 17.0 Å². The van der Waals surface area contributed by atoms with Crippen LogP contribution in [-0.4, -0.2) is 30.0 Å². The third-order valence-corrected chi connectivity index (χ3v) is 4.07. The number of hydrogen-bond donors (Lipinski definition) is 1. The summed E-state index contributed by atoms with van der Waals surface area (Å²) in [6.07, 6.45) is 0. The Labute approximate surface area is 143 Å². The molecule has 1 N–H and O–H groups in total. The number of ether oxygens (including phenoxy) is 1. The summed E-state index contributed by atoms with van der Waals surface area (Å²) in [5.41, 5.74) is -1.67. The van der Waals surface area contributed by atoms with Gasteiger partial charge in [-0.25, -0.2) is 13.6 Å². The van der Waals surface area contributed by atoms with E-state index in [1.54, 1.807) is 24.3 Å². The van der Waals surface area contributed by atoms with E-state index in [9.17, 15) is 18.4 Å². The average molecular weight is 346 g/mol. The number of imide groups is 1. The van der Waals surface area contributed by atoms with Gasteiger partial charge in [-0.15, -0.1) is 0 Å². The van der Waals surface area contributed by atoms with E-state index in [1.165, 1.54) is 6.92 Å². The van der Waals surface area contributed by atoms with Gasteiger partial charge >= 0.3 is 6.03 Å². The van der Waals surface area contributed by atoms with Crippen molar-refractivity contribution in [1.82, 2.24) is 10.2 Å². The van der Waals surface area contributed by atoms with Gasteiger partial charge in [0.2, 0.25) is 0 Å². The fraction of sp³-hybridized carbons (Fsp3) is 0.222. The lowest BCUT2D eigenvalue weighted by atomic mass is 9.91. The molecule has 1 heterocycles. The number of nitrogens with one attached hydrogen (secondary N) is 1. The van der Waals surface area contributed by atoms with E-state index in [4.69, 9.17) is 4.74 Å². The minimum atomic E-state index is -1.58. The van der Waals surface area contributed by atoms with Gasteiger partial charge in [-0.3, -0.25) is 9.69 Å². The quantitative estimate of drug-likeness (QED) is 0.847. The lowest BCUT2D eigenvalue weighted by molar-refractivity contribution is -0.131. The van der Waals surface area contributed by atoms with Crippen molar-refractivity contribution in [2.75, 3.05) is 13.2 Å². The first kappa shape index (κ1) is 16.9. The Morgan fingerprint density at radius 1 is 1.12 bits per heavy atom. The summed E-state index contributed by atoms with van der Waals surface area (Å²) in [4.78, 5) is 25.7. The van der Waals surface area contributed by atoms with Crippen LogP contribution in [0.1, 0.15) is 12.5 Å². The van der Waals surface area contributed by atoms with Crippen LogP contribution >= 0.6 is 0 Å². The Bertz CT molecular complexity index is 813. The SMILES string of the molecule is C[C@]1(c2ccc(F)cc2F)NC(=O)N(CCOc2ccccc2)C1=O. The van der Waals surface area contributed by atoms with Gasteiger partial charge in [0.25, 0.3) is 5.91 Å². The van der Waals surface area contributed by atoms with Crippen LogP contribution in [0.2, 0.25) is 0 Å². The number of benzene rings is 2. The van der Waals surface area contributed by atoms with E-state index < -0.39 is 29.1 Å². The van der Waals surface area contributed by atoms with Crippen LogP contribution < -0.4 is 10.1 Å². The van der Waals surface area contributed by atoms with E-state index in [-0.39, 0.29) is 18.7 Å². The lowest BCUT2D eigenvalue weighted by Gasteiger charge is -2.22. The molecule has 0 aliphatic carbocycles. The molecule has 2 aromatic carbocycles. The van der Waals surface area contributed by atoms with Crippen molar-refractivity contribution in [3.63, 3.8) is 0 Å². The molecular weight excluding hydrogens is 330 g/mol. The summed E-state index contributed by atoms with van der Waals surface area (Å²) in [6.45, 7) is 1.50. The van der Waals surface area contributed by atoms with Crippen LogP contribution in [0.3, 0.4) is 0 Å². The zero-order valence-corrected chi connectivity index (χ0v) is 13.5. The number of rotatable bonds is 5. The highest BCUT2D eigenvalue weighted by Gasteiger charge is 2.50. The zero-order valence-electron chi connectivity index (χ0n) is 13.5. The van der Waals surface area contributed by atoms with Crippen molar-refractivity contribution in [2.45, 2.75) is 12.5 Å². The zero-order chi connectivity index (χ0) is 18.0. The standard InChI is InChI=1S/C18H16F2N2O3/c1-18(14-8-7-12(19)11-15(14)20)16(23)22(17(24)21-18)9-10-25-13-5-3-2-4-6-13/h2-8,11H,9-10H2,1H3,(H,21,24)/t18-/m1/s1. The summed E-state index contributed by atoms with van der Waals surface area (Å²) in [7, 11) is 0. The molecule has 2 aromatic rings. The van der Waals surface area contributed by atoms with E-state index >= 15 is 0 Å². The predicted octanol–water partition coefficient (Wildman–Crippen LogP) is 2.81. The van der Waals surface area contributed by atoms with Crippen LogP contribution in [0.4, 0.5) is 13.6 Å². The summed E-state index contributed by atoms with van der Waals surface area (Å²) in [6, 6.07) is 11.2. The highest BCUT2D eigenvalue weighted by molar-refractivity contribution is 6.07. The highest BCUT2D eigenvalue weighted by Crippen LogP contribution is 2.30. The monoisotopic (exact) mass is 346 g/mol. The molecule has 0 spiro atoms. The van der Waals surface area contributed by atoms with Crippen molar-refractivity contribution in [3.8, 4) is 5.75 Å². The second kappa shape index (κ2) is 6.51. The summed E-state index contributed by atoms with van der Waals surface area (Å²) < 4.78 is 32.6. The molecule has 1 saturated heterocycles. The van der Waals surface area contributed by atoms with Crippen LogP contribution in [0.25, 0.3) is 0 Å². The number of carbonyl (C=O) groups excluding carboxylic acids is 2. The van der Waals surface area contributed by atoms with E-state index in [1.807, 2.05) is 6.07 Å². The topological polar surface area (TPSA) is 58.6 Å². The summed E-state index contributed by atoms with van der Waals surface area (Å²) in [5.74, 6) is -1.64. The minimum Gasteiger partial charge on any atom is -0.492 e. The number of amides is 3. The van der Waals surface area contributed by atoms with Gasteiger partial charge in [0, 0.05) is 11.6 Å². The molecule has 5 nitrogen and oxygen atoms in total. The number of carbonyl (C=O) groups is 2. The maximum Gasteiger partial charge on any atom is 0.325 e. The van der Waals surface area contributed by atoms with Crippen molar-refractivity contribution in [1.29, 1.82) is 0 Å². The van der Waals surface area contributed by atoms with Crippen molar-refractivity contribution < 1.29 is 23.1 Å². The van der Waals surface area contributed by atoms with Gasteiger partial charge in [-0.2, -0.15) is 0 Å². The maximum atomic E-state index is 14.1. The molecular formula is C18H16F2N2O3. The van der Waals surface area contributed by atoms with Gasteiger partial charge in [-0.1, -0.05) is 24.3 Å². The van der Waals surface area contributed by atoms with Crippen LogP contribution in [0, 0.1) is 11.6 Å². The van der Waals surface area contributed by atoms with Gasteiger partial charge in [0.1, 0.15) is 29.5 Å². The maximum absolute atomic E-state index is 14.1. The molecule has 0 aromatic heterocycles. The molecule has 1 aliphatic rings. The molecule has 0 bridgehead atoms. The molecule has 25 heavy (non-hydrogen) atoms. The van der Waals surface area contributed by atoms with Gasteiger partial charge in [0.05, 0.1) is 6.54 Å². The molecule has 1 aliphatic heterocycles. The molecule has 7 heteroatoms. The van der Waals surface area contributed by atoms with Gasteiger partial charge in [0.15, 0.2) is 0 Å². The molecule has 1 fully saturated rings. The number of hydrogen-bond acceptors (Lipinski definition) is 3. The Kier molecular flexibility index (Phi) is 4.39. The molecule has 0 radical (unpaired) electrons. The smallest absolute Gasteiger partial charge is 0.325 e. The fourth-order valence-electron chi connectivity index (χ4n) is 2.75. The first-order valence-corrected chi connectivity index (χ1v) is 7.69. The molecule has 3 rings (SSSR count). The normalized spacial score (nSPS) is 19.9. The Morgan fingerprint density at radius 3 is 2.52 bits per heavy atom. The van der Waals surface area contributed by atoms with Crippen molar-refractivity contribution in [2.24, 2.45) is 0 Å². The predicted molar refractivity (Wildman–Crippen MR) is 85.9 cm³/mol. The van der Waals surface area contributed by atoms with Gasteiger partial charge < -0.3 is 10.1 Å². The second-order valence-electron chi connectivity index (χ2n) is 5.80. The minimum absolute atomic E-state index is 0.0119. The Balaban J connectivity index is 1.73. The largest absolute Gasteiger partial charge is 0.492 e. The first-order valence-electron chi connectivity index (χ1n) is 7.69. The second-order valence-corrected chi connectivity index (χ2v) is 5.80. The number of para-hydroxylation sites is 1. The van der Waals surface area contributed by atoms with Crippen molar-refractivity contribution in [3.05, 3.63) is 65.7 Å². The number of urea groups is 1. The van der Waals surface area contributed by atoms with Crippen molar-refractivity contribution >= 4 is 11.9 Å². The van der Waals surface area contributed by atoms with Crippen LogP contribution in [0.5, 0.6) is 5.75 Å². The number of halogens is 2. The van der Waals surface area contributed by atoms with Crippen LogP contribution in [0.15, 0.2) is 48.5 Å². The average Bonchev–Trinajstić information content (AvgIpc) is 2.79. The molecule has 0 saturated carbocycles. The molecule has 3 amide bonds. The van der Waals surface area contributed by atoms with Crippen LogP contribution in [-0.2, 0) is 10.3 Å². The molecule has 130 valence electrons. The van der Waals surface area contributed by atoms with E-state index in [2.05, 4.69) is 5.32 Å². The molecule has 0 unspecified atom stereocenters. The lowest BCUT2D eigenvalue weighted by Crippen LogP contribution is -2.42. The fourth-order valence-corrected chi connectivity index (χ4v) is 2.75. The van der Waals surface area contributed by atoms with E-state index in [0.29, 0.717) is 11.8 Å². The Morgan fingerprint density at radius 2 is 1.84 bits per heavy atom. The third-order valence-electron chi connectivity index (χ3n) is 4.07. The van der Waals surface area contributed by atoms with Gasteiger partial charge in [-0.05, 0) is 25.1 Å². The summed E-state index contributed by atoms with van der Waals surface area (Å²) >= 11 is 0.